The minimum absolute atomic E-state index is 0.0920. The Morgan fingerprint density at radius 3 is 2.77 bits per heavy atom. The van der Waals surface area contributed by atoms with Gasteiger partial charge in [0.1, 0.15) is 11.2 Å². The number of hydrogen-bond acceptors (Lipinski definition) is 5. The van der Waals surface area contributed by atoms with Crippen molar-refractivity contribution in [2.45, 2.75) is 39.0 Å². The number of carbonyl (C=O) groups is 1. The Morgan fingerprint density at radius 1 is 1.03 bits per heavy atom. The molecule has 2 aromatic carbocycles. The van der Waals surface area contributed by atoms with Crippen LogP contribution in [0.25, 0.3) is 50.3 Å². The van der Waals surface area contributed by atoms with Crippen LogP contribution in [0.3, 0.4) is 0 Å². The number of rotatable bonds is 5. The number of imidazole rings is 2. The molecular weight excluding hydrogens is 488 g/mol. The molecule has 0 unspecified atom stereocenters. The molecule has 1 amide bonds. The highest BCUT2D eigenvalue weighted by Gasteiger charge is 2.21. The van der Waals surface area contributed by atoms with E-state index < -0.39 is 0 Å². The lowest BCUT2D eigenvalue weighted by Gasteiger charge is -2.20. The number of para-hydroxylation sites is 1. The molecule has 0 bridgehead atoms. The third kappa shape index (κ3) is 4.35. The van der Waals surface area contributed by atoms with E-state index in [0.29, 0.717) is 5.82 Å². The van der Waals surface area contributed by atoms with Crippen molar-refractivity contribution in [2.24, 2.45) is 5.92 Å². The van der Waals surface area contributed by atoms with E-state index in [1.54, 1.807) is 12.5 Å². The Kier molecular flexibility index (Phi) is 5.69. The summed E-state index contributed by atoms with van der Waals surface area (Å²) < 4.78 is 1.98. The number of H-pyrrole nitrogens is 2. The van der Waals surface area contributed by atoms with E-state index in [9.17, 15) is 4.79 Å². The van der Waals surface area contributed by atoms with Crippen LogP contribution in [0.1, 0.15) is 37.8 Å². The van der Waals surface area contributed by atoms with Crippen LogP contribution in [0.4, 0.5) is 5.69 Å². The molecule has 9 heteroatoms. The SMILES string of the molecule is Cc1cn(-c2cccc3[nH]c(-c4n[nH]c5ccc(-c6cncc(NC(=O)C7CCCCC7)c6)cc45)nc23)cn1. The van der Waals surface area contributed by atoms with E-state index in [4.69, 9.17) is 4.98 Å². The predicted molar refractivity (Wildman–Crippen MR) is 151 cm³/mol. The first-order valence-corrected chi connectivity index (χ1v) is 13.4. The number of nitrogens with zero attached hydrogens (tertiary/aromatic N) is 5. The summed E-state index contributed by atoms with van der Waals surface area (Å²) in [5.74, 6) is 0.870. The van der Waals surface area contributed by atoms with Gasteiger partial charge in [-0.15, -0.1) is 0 Å². The van der Waals surface area contributed by atoms with Crippen LogP contribution in [0.2, 0.25) is 0 Å². The summed E-state index contributed by atoms with van der Waals surface area (Å²) in [5, 5.41) is 11.8. The van der Waals surface area contributed by atoms with Gasteiger partial charge in [0.25, 0.3) is 0 Å². The standard InChI is InChI=1S/C30H28N8O/c1-18-16-38(17-32-18)26-9-5-8-25-28(26)35-29(34-25)27-23-13-20(10-11-24(23)36-37-27)21-12-22(15-31-14-21)33-30(39)19-6-3-2-4-7-19/h5,8-17,19H,2-4,6-7H2,1H3,(H,33,39)(H,34,35)(H,36,37). The maximum absolute atomic E-state index is 12.8. The molecule has 1 aliphatic rings. The molecule has 0 spiro atoms. The van der Waals surface area contributed by atoms with Gasteiger partial charge >= 0.3 is 0 Å². The molecule has 194 valence electrons. The van der Waals surface area contributed by atoms with Crippen molar-refractivity contribution in [1.29, 1.82) is 0 Å². The average Bonchev–Trinajstić information content (AvgIpc) is 3.71. The second kappa shape index (κ2) is 9.50. The van der Waals surface area contributed by atoms with Crippen molar-refractivity contribution in [3.05, 3.63) is 73.1 Å². The Morgan fingerprint density at radius 2 is 1.92 bits per heavy atom. The first-order chi connectivity index (χ1) is 19.1. The summed E-state index contributed by atoms with van der Waals surface area (Å²) in [6.07, 6.45) is 12.7. The van der Waals surface area contributed by atoms with Crippen molar-refractivity contribution >= 4 is 33.5 Å². The zero-order chi connectivity index (χ0) is 26.3. The van der Waals surface area contributed by atoms with E-state index in [0.717, 1.165) is 81.5 Å². The molecule has 0 aliphatic heterocycles. The lowest BCUT2D eigenvalue weighted by Crippen LogP contribution is -2.24. The van der Waals surface area contributed by atoms with E-state index in [-0.39, 0.29) is 11.8 Å². The maximum atomic E-state index is 12.8. The quantitative estimate of drug-likeness (QED) is 0.253. The normalized spacial score (nSPS) is 14.3. The number of nitrogens with one attached hydrogen (secondary N) is 3. The molecular formula is C30H28N8O. The molecule has 9 nitrogen and oxygen atoms in total. The molecule has 0 radical (unpaired) electrons. The second-order valence-electron chi connectivity index (χ2n) is 10.3. The smallest absolute Gasteiger partial charge is 0.227 e. The summed E-state index contributed by atoms with van der Waals surface area (Å²) in [6.45, 7) is 1.97. The summed E-state index contributed by atoms with van der Waals surface area (Å²) >= 11 is 0. The third-order valence-electron chi connectivity index (χ3n) is 7.58. The first kappa shape index (κ1) is 23.3. The molecule has 7 rings (SSSR count). The minimum atomic E-state index is 0.0920. The molecule has 4 aromatic heterocycles. The number of carbonyl (C=O) groups excluding carboxylic acids is 1. The Balaban J connectivity index is 1.22. The number of benzene rings is 2. The lowest BCUT2D eigenvalue weighted by atomic mass is 9.88. The third-order valence-corrected chi connectivity index (χ3v) is 7.58. The van der Waals surface area contributed by atoms with Gasteiger partial charge in [0.05, 0.1) is 40.6 Å². The fourth-order valence-electron chi connectivity index (χ4n) is 5.54. The zero-order valence-corrected chi connectivity index (χ0v) is 21.6. The second-order valence-corrected chi connectivity index (χ2v) is 10.3. The van der Waals surface area contributed by atoms with Crippen LogP contribution >= 0.6 is 0 Å². The highest BCUT2D eigenvalue weighted by atomic mass is 16.1. The van der Waals surface area contributed by atoms with Crippen LogP contribution in [-0.4, -0.2) is 40.6 Å². The van der Waals surface area contributed by atoms with Crippen molar-refractivity contribution in [1.82, 2.24) is 34.7 Å². The van der Waals surface area contributed by atoms with Gasteiger partial charge in [-0.2, -0.15) is 5.10 Å². The van der Waals surface area contributed by atoms with Crippen LogP contribution in [-0.2, 0) is 4.79 Å². The Labute approximate surface area is 224 Å². The van der Waals surface area contributed by atoms with Gasteiger partial charge in [0.15, 0.2) is 5.82 Å². The highest BCUT2D eigenvalue weighted by molar-refractivity contribution is 5.97. The van der Waals surface area contributed by atoms with E-state index >= 15 is 0 Å². The van der Waals surface area contributed by atoms with Crippen molar-refractivity contribution in [3.8, 4) is 28.3 Å². The van der Waals surface area contributed by atoms with Crippen LogP contribution in [0.5, 0.6) is 0 Å². The molecule has 3 N–H and O–H groups in total. The number of anilines is 1. The average molecular weight is 517 g/mol. The van der Waals surface area contributed by atoms with E-state index in [1.165, 1.54) is 6.42 Å². The first-order valence-electron chi connectivity index (χ1n) is 13.4. The zero-order valence-electron chi connectivity index (χ0n) is 21.6. The van der Waals surface area contributed by atoms with Gasteiger partial charge in [-0.3, -0.25) is 14.9 Å². The van der Waals surface area contributed by atoms with Gasteiger partial charge < -0.3 is 14.9 Å². The summed E-state index contributed by atoms with van der Waals surface area (Å²) in [6, 6.07) is 14.2. The summed E-state index contributed by atoms with van der Waals surface area (Å²) in [5.41, 5.74) is 7.95. The van der Waals surface area contributed by atoms with Crippen LogP contribution in [0, 0.1) is 12.8 Å². The molecule has 1 saturated carbocycles. The number of fused-ring (bicyclic) bond motifs is 2. The van der Waals surface area contributed by atoms with Crippen molar-refractivity contribution < 1.29 is 4.79 Å². The molecule has 1 aliphatic carbocycles. The molecule has 0 saturated heterocycles. The molecule has 4 heterocycles. The van der Waals surface area contributed by atoms with E-state index in [1.807, 2.05) is 60.3 Å². The highest BCUT2D eigenvalue weighted by Crippen LogP contribution is 2.32. The Hall–Kier alpha value is -4.79. The summed E-state index contributed by atoms with van der Waals surface area (Å²) in [7, 11) is 0. The fourth-order valence-corrected chi connectivity index (χ4v) is 5.54. The maximum Gasteiger partial charge on any atom is 0.227 e. The number of aromatic amines is 2. The van der Waals surface area contributed by atoms with Gasteiger partial charge in [-0.05, 0) is 55.7 Å². The molecule has 39 heavy (non-hydrogen) atoms. The van der Waals surface area contributed by atoms with Crippen molar-refractivity contribution in [2.75, 3.05) is 5.32 Å². The fraction of sp³-hybridized carbons (Fsp3) is 0.233. The topological polar surface area (TPSA) is 117 Å². The monoisotopic (exact) mass is 516 g/mol. The molecule has 6 aromatic rings. The van der Waals surface area contributed by atoms with Gasteiger partial charge in [0.2, 0.25) is 5.91 Å². The van der Waals surface area contributed by atoms with Gasteiger partial charge in [-0.1, -0.05) is 31.4 Å². The number of hydrogen-bond donors (Lipinski definition) is 3. The van der Waals surface area contributed by atoms with Crippen LogP contribution in [0.15, 0.2) is 67.4 Å². The number of pyridine rings is 1. The molecule has 0 atom stereocenters. The van der Waals surface area contributed by atoms with E-state index in [2.05, 4.69) is 36.5 Å². The van der Waals surface area contributed by atoms with Crippen LogP contribution < -0.4 is 5.32 Å². The number of aromatic nitrogens is 7. The van der Waals surface area contributed by atoms with Crippen molar-refractivity contribution in [3.63, 3.8) is 0 Å². The predicted octanol–water partition coefficient (Wildman–Crippen LogP) is 6.18. The lowest BCUT2D eigenvalue weighted by molar-refractivity contribution is -0.120. The molecule has 1 fully saturated rings. The largest absolute Gasteiger partial charge is 0.336 e. The number of amides is 1. The Bertz CT molecular complexity index is 1820. The number of aryl methyl sites for hydroxylation is 1. The minimum Gasteiger partial charge on any atom is -0.336 e. The van der Waals surface area contributed by atoms with Gasteiger partial charge in [-0.25, -0.2) is 9.97 Å². The summed E-state index contributed by atoms with van der Waals surface area (Å²) in [4.78, 5) is 29.9. The van der Waals surface area contributed by atoms with Gasteiger partial charge in [0, 0.05) is 29.3 Å².